The number of hydrogen-bond donors (Lipinski definition) is 3. The van der Waals surface area contributed by atoms with E-state index in [-0.39, 0.29) is 33.5 Å². The highest BCUT2D eigenvalue weighted by Gasteiger charge is 2.30. The van der Waals surface area contributed by atoms with E-state index in [1.54, 1.807) is 12.1 Å². The smallest absolute Gasteiger partial charge is 0.416 e. The van der Waals surface area contributed by atoms with E-state index in [2.05, 4.69) is 5.32 Å². The second kappa shape index (κ2) is 10.6. The van der Waals surface area contributed by atoms with E-state index in [0.29, 0.717) is 6.42 Å². The zero-order valence-corrected chi connectivity index (χ0v) is 19.5. The van der Waals surface area contributed by atoms with E-state index in [4.69, 9.17) is 5.11 Å². The van der Waals surface area contributed by atoms with Gasteiger partial charge in [0.25, 0.3) is 0 Å². The lowest BCUT2D eigenvalue weighted by molar-refractivity contribution is -0.137. The van der Waals surface area contributed by atoms with Crippen LogP contribution in [-0.2, 0) is 22.4 Å². The molecule has 3 aromatic rings. The van der Waals surface area contributed by atoms with Crippen molar-refractivity contribution in [3.05, 3.63) is 95.1 Å². The van der Waals surface area contributed by atoms with E-state index in [1.165, 1.54) is 48.5 Å². The summed E-state index contributed by atoms with van der Waals surface area (Å²) in [4.78, 5) is 11.0. The Bertz CT molecular complexity index is 1270. The fourth-order valence-corrected chi connectivity index (χ4v) is 4.76. The Hall–Kier alpha value is -3.21. The molecule has 0 radical (unpaired) electrons. The maximum atomic E-state index is 12.9. The number of alkyl halides is 3. The van der Waals surface area contributed by atoms with Crippen LogP contribution in [0.5, 0.6) is 0 Å². The molecule has 186 valence electrons. The third kappa shape index (κ3) is 6.68. The molecule has 2 atom stereocenters. The number of aliphatic hydroxyl groups excluding tert-OH is 1. The molecular weight excluding hydrogens is 483 g/mol. The standard InChI is InChI=1S/C25H24F3NO5S/c1-16(29-15-23(30)19-3-2-4-20(14-19)25(26,27)28)13-17-5-9-21(10-6-17)35(33,34)22-11-7-18(8-12-22)24(31)32/h2-12,14,16,23,29-30H,13,15H2,1H3,(H,31,32)/t16-,23-/m1/s1. The Labute approximate surface area is 201 Å². The minimum atomic E-state index is -4.49. The van der Waals surface area contributed by atoms with Gasteiger partial charge in [0.15, 0.2) is 0 Å². The average molecular weight is 508 g/mol. The normalized spacial score (nSPS) is 13.9. The van der Waals surface area contributed by atoms with Crippen LogP contribution >= 0.6 is 0 Å². The highest BCUT2D eigenvalue weighted by atomic mass is 32.2. The molecule has 0 unspecified atom stereocenters. The van der Waals surface area contributed by atoms with Gasteiger partial charge in [0.1, 0.15) is 0 Å². The molecule has 0 saturated carbocycles. The molecule has 0 saturated heterocycles. The Balaban J connectivity index is 1.60. The number of hydrogen-bond acceptors (Lipinski definition) is 5. The lowest BCUT2D eigenvalue weighted by atomic mass is 10.0. The van der Waals surface area contributed by atoms with Crippen molar-refractivity contribution in [3.63, 3.8) is 0 Å². The van der Waals surface area contributed by atoms with Crippen LogP contribution in [0, 0.1) is 0 Å². The molecule has 3 N–H and O–H groups in total. The largest absolute Gasteiger partial charge is 0.478 e. The average Bonchev–Trinajstić information content (AvgIpc) is 2.82. The first-order valence-electron chi connectivity index (χ1n) is 10.6. The SMILES string of the molecule is C[C@H](Cc1ccc(S(=O)(=O)c2ccc(C(=O)O)cc2)cc1)NC[C@@H](O)c1cccc(C(F)(F)F)c1. The van der Waals surface area contributed by atoms with Crippen LogP contribution < -0.4 is 5.32 Å². The fraction of sp³-hybridized carbons (Fsp3) is 0.240. The second-order valence-electron chi connectivity index (χ2n) is 8.13. The van der Waals surface area contributed by atoms with Gasteiger partial charge in [-0.1, -0.05) is 24.3 Å². The topological polar surface area (TPSA) is 104 Å². The Morgan fingerprint density at radius 3 is 2.09 bits per heavy atom. The molecule has 3 rings (SSSR count). The summed E-state index contributed by atoms with van der Waals surface area (Å²) in [5, 5.41) is 22.3. The summed E-state index contributed by atoms with van der Waals surface area (Å²) in [6.45, 7) is 1.88. The molecule has 0 heterocycles. The number of aliphatic hydroxyl groups is 1. The van der Waals surface area contributed by atoms with E-state index in [0.717, 1.165) is 17.7 Å². The van der Waals surface area contributed by atoms with Gasteiger partial charge in [-0.25, -0.2) is 13.2 Å². The zero-order valence-electron chi connectivity index (χ0n) is 18.7. The molecular formula is C25H24F3NO5S. The Morgan fingerprint density at radius 1 is 0.971 bits per heavy atom. The summed E-state index contributed by atoms with van der Waals surface area (Å²) in [5.74, 6) is -1.15. The number of halogens is 3. The van der Waals surface area contributed by atoms with Gasteiger partial charge in [0.05, 0.1) is 27.0 Å². The van der Waals surface area contributed by atoms with Crippen LogP contribution in [0.2, 0.25) is 0 Å². The summed E-state index contributed by atoms with van der Waals surface area (Å²) in [6.07, 6.45) is -5.12. The molecule has 0 spiro atoms. The molecule has 0 amide bonds. The Kier molecular flexibility index (Phi) is 7.99. The summed E-state index contributed by atoms with van der Waals surface area (Å²) in [7, 11) is -3.81. The molecule has 35 heavy (non-hydrogen) atoms. The van der Waals surface area contributed by atoms with E-state index in [9.17, 15) is 31.5 Å². The van der Waals surface area contributed by atoms with Crippen molar-refractivity contribution >= 4 is 15.8 Å². The number of nitrogens with one attached hydrogen (secondary N) is 1. The molecule has 0 aromatic heterocycles. The predicted molar refractivity (Wildman–Crippen MR) is 123 cm³/mol. The van der Waals surface area contributed by atoms with Gasteiger partial charge in [0.2, 0.25) is 9.84 Å². The molecule has 0 aliphatic heterocycles. The van der Waals surface area contributed by atoms with Crippen molar-refractivity contribution in [3.8, 4) is 0 Å². The van der Waals surface area contributed by atoms with Crippen LogP contribution in [0.25, 0.3) is 0 Å². The zero-order chi connectivity index (χ0) is 25.8. The lowest BCUT2D eigenvalue weighted by Gasteiger charge is -2.18. The first-order valence-corrected chi connectivity index (χ1v) is 12.1. The van der Waals surface area contributed by atoms with E-state index in [1.807, 2.05) is 6.92 Å². The fourth-order valence-electron chi connectivity index (χ4n) is 3.50. The van der Waals surface area contributed by atoms with Gasteiger partial charge in [-0.15, -0.1) is 0 Å². The quantitative estimate of drug-likeness (QED) is 0.394. The second-order valence-corrected chi connectivity index (χ2v) is 10.1. The van der Waals surface area contributed by atoms with Crippen LogP contribution in [-0.4, -0.2) is 37.2 Å². The maximum Gasteiger partial charge on any atom is 0.416 e. The highest BCUT2D eigenvalue weighted by molar-refractivity contribution is 7.91. The van der Waals surface area contributed by atoms with Crippen molar-refractivity contribution in [2.75, 3.05) is 6.54 Å². The highest BCUT2D eigenvalue weighted by Crippen LogP contribution is 2.30. The summed E-state index contributed by atoms with van der Waals surface area (Å²) in [6, 6.07) is 15.6. The molecule has 0 fully saturated rings. The van der Waals surface area contributed by atoms with Crippen LogP contribution in [0.1, 0.15) is 40.1 Å². The maximum absolute atomic E-state index is 12.9. The van der Waals surface area contributed by atoms with Gasteiger partial charge in [-0.2, -0.15) is 13.2 Å². The molecule has 0 aliphatic rings. The van der Waals surface area contributed by atoms with Crippen molar-refractivity contribution < 1.29 is 36.6 Å². The van der Waals surface area contributed by atoms with Crippen molar-refractivity contribution in [1.82, 2.24) is 5.32 Å². The number of carboxylic acids is 1. The van der Waals surface area contributed by atoms with Crippen LogP contribution in [0.15, 0.2) is 82.6 Å². The number of benzene rings is 3. The number of sulfone groups is 1. The molecule has 6 nitrogen and oxygen atoms in total. The summed E-state index contributed by atoms with van der Waals surface area (Å²) in [5.41, 5.74) is 0.137. The minimum Gasteiger partial charge on any atom is -0.478 e. The van der Waals surface area contributed by atoms with Crippen molar-refractivity contribution in [1.29, 1.82) is 0 Å². The number of rotatable bonds is 9. The summed E-state index contributed by atoms with van der Waals surface area (Å²) >= 11 is 0. The Morgan fingerprint density at radius 2 is 1.54 bits per heavy atom. The lowest BCUT2D eigenvalue weighted by Crippen LogP contribution is -2.32. The third-order valence-electron chi connectivity index (χ3n) is 5.45. The van der Waals surface area contributed by atoms with E-state index >= 15 is 0 Å². The van der Waals surface area contributed by atoms with E-state index < -0.39 is 33.7 Å². The number of carboxylic acid groups (broad SMARTS) is 1. The minimum absolute atomic E-state index is 0.0149. The van der Waals surface area contributed by atoms with Gasteiger partial charge in [-0.3, -0.25) is 0 Å². The number of carbonyl (C=O) groups is 1. The van der Waals surface area contributed by atoms with Crippen molar-refractivity contribution in [2.24, 2.45) is 0 Å². The number of aromatic carboxylic acids is 1. The first-order chi connectivity index (χ1) is 16.4. The van der Waals surface area contributed by atoms with Crippen LogP contribution in [0.4, 0.5) is 13.2 Å². The predicted octanol–water partition coefficient (Wildman–Crippen LogP) is 4.49. The first kappa shape index (κ1) is 26.4. The monoisotopic (exact) mass is 507 g/mol. The van der Waals surface area contributed by atoms with Crippen molar-refractivity contribution in [2.45, 2.75) is 41.5 Å². The van der Waals surface area contributed by atoms with Gasteiger partial charge in [-0.05, 0) is 73.0 Å². The summed E-state index contributed by atoms with van der Waals surface area (Å²) < 4.78 is 64.2. The molecule has 0 bridgehead atoms. The third-order valence-corrected chi connectivity index (χ3v) is 7.23. The molecule has 10 heteroatoms. The van der Waals surface area contributed by atoms with Crippen LogP contribution in [0.3, 0.4) is 0 Å². The van der Waals surface area contributed by atoms with Gasteiger partial charge < -0.3 is 15.5 Å². The molecule has 0 aliphatic carbocycles. The van der Waals surface area contributed by atoms with Gasteiger partial charge >= 0.3 is 12.1 Å². The molecule has 3 aromatic carbocycles. The van der Waals surface area contributed by atoms with Gasteiger partial charge in [0, 0.05) is 12.6 Å².